The van der Waals surface area contributed by atoms with Gasteiger partial charge in [0.25, 0.3) is 0 Å². The number of carbonyl (C=O) groups is 2. The van der Waals surface area contributed by atoms with Crippen molar-refractivity contribution in [3.63, 3.8) is 0 Å². The molecule has 168 valence electrons. The fourth-order valence-corrected chi connectivity index (χ4v) is 3.38. The van der Waals surface area contributed by atoms with Crippen LogP contribution in [0.15, 0.2) is 49.2 Å². The number of hydrogen-bond donors (Lipinski definition) is 2. The summed E-state index contributed by atoms with van der Waals surface area (Å²) in [5.41, 5.74) is 7.45. The smallest absolute Gasteiger partial charge is 0.230 e. The first kappa shape index (κ1) is 22.0. The van der Waals surface area contributed by atoms with Gasteiger partial charge in [-0.1, -0.05) is 0 Å². The molecule has 0 unspecified atom stereocenters. The molecule has 0 aliphatic rings. The number of ketones is 1. The Kier molecular flexibility index (Phi) is 5.59. The lowest BCUT2D eigenvalue weighted by atomic mass is 10.1. The van der Waals surface area contributed by atoms with E-state index in [1.807, 2.05) is 25.3 Å². The minimum absolute atomic E-state index is 0.0454. The molecular formula is C23H22FN7O2. The van der Waals surface area contributed by atoms with Crippen molar-refractivity contribution < 1.29 is 14.0 Å². The van der Waals surface area contributed by atoms with E-state index in [9.17, 15) is 14.0 Å². The molecule has 9 nitrogen and oxygen atoms in total. The Hall–Kier alpha value is -4.21. The summed E-state index contributed by atoms with van der Waals surface area (Å²) in [6.45, 7) is 5.98. The summed E-state index contributed by atoms with van der Waals surface area (Å²) < 4.78 is 14.9. The van der Waals surface area contributed by atoms with E-state index in [1.54, 1.807) is 12.3 Å². The minimum Gasteiger partial charge on any atom is -0.368 e. The Morgan fingerprint density at radius 3 is 2.61 bits per heavy atom. The summed E-state index contributed by atoms with van der Waals surface area (Å²) in [7, 11) is 0. The molecule has 0 atom stereocenters. The van der Waals surface area contributed by atoms with Gasteiger partial charge in [0.15, 0.2) is 5.78 Å². The number of halogens is 1. The topological polar surface area (TPSA) is 129 Å². The lowest BCUT2D eigenvalue weighted by molar-refractivity contribution is -0.115. The molecule has 0 radical (unpaired) electrons. The molecule has 0 saturated carbocycles. The summed E-state index contributed by atoms with van der Waals surface area (Å²) in [4.78, 5) is 42.0. The molecule has 4 rings (SSSR count). The fourth-order valence-electron chi connectivity index (χ4n) is 3.38. The van der Waals surface area contributed by atoms with Gasteiger partial charge in [0.1, 0.15) is 11.5 Å². The Morgan fingerprint density at radius 1 is 1.12 bits per heavy atom. The highest BCUT2D eigenvalue weighted by Gasteiger charge is 2.24. The summed E-state index contributed by atoms with van der Waals surface area (Å²) >= 11 is 0. The molecule has 0 aliphatic carbocycles. The average Bonchev–Trinajstić information content (AvgIpc) is 3.14. The third-order valence-electron chi connectivity index (χ3n) is 4.95. The summed E-state index contributed by atoms with van der Waals surface area (Å²) in [6, 6.07) is 4.22. The van der Waals surface area contributed by atoms with Crippen molar-refractivity contribution in [2.24, 2.45) is 0 Å². The maximum absolute atomic E-state index is 13.3. The van der Waals surface area contributed by atoms with Crippen LogP contribution >= 0.6 is 0 Å². The molecule has 0 bridgehead atoms. The largest absolute Gasteiger partial charge is 0.368 e. The van der Waals surface area contributed by atoms with Crippen molar-refractivity contribution >= 4 is 34.4 Å². The number of carbonyl (C=O) groups excluding carboxylic acids is 2. The van der Waals surface area contributed by atoms with Crippen LogP contribution in [0.3, 0.4) is 0 Å². The Balaban J connectivity index is 1.61. The number of nitrogen functional groups attached to an aromatic ring is 1. The molecule has 0 saturated heterocycles. The number of hydrogen-bond acceptors (Lipinski definition) is 7. The molecule has 10 heteroatoms. The first-order valence-corrected chi connectivity index (χ1v) is 10.2. The molecule has 4 aromatic heterocycles. The van der Waals surface area contributed by atoms with Crippen LogP contribution < -0.4 is 11.1 Å². The highest BCUT2D eigenvalue weighted by atomic mass is 19.1. The second-order valence-corrected chi connectivity index (χ2v) is 8.53. The SMILES string of the molecule is CC(C)(C)n1cc(C(=O)c2cncc(NC(=O)Cc3ccc(F)cn3)c2)c2cnc(N)nc21. The number of nitrogens with zero attached hydrogens (tertiary/aromatic N) is 5. The maximum Gasteiger partial charge on any atom is 0.230 e. The van der Waals surface area contributed by atoms with Crippen LogP contribution in [-0.2, 0) is 16.8 Å². The number of aromatic nitrogens is 5. The number of anilines is 2. The van der Waals surface area contributed by atoms with Gasteiger partial charge >= 0.3 is 0 Å². The van der Waals surface area contributed by atoms with E-state index >= 15 is 0 Å². The monoisotopic (exact) mass is 447 g/mol. The number of nitrogens with one attached hydrogen (secondary N) is 1. The normalized spacial score (nSPS) is 11.5. The van der Waals surface area contributed by atoms with Crippen molar-refractivity contribution in [3.8, 4) is 0 Å². The summed E-state index contributed by atoms with van der Waals surface area (Å²) in [5.74, 6) is -1.02. The first-order valence-electron chi connectivity index (χ1n) is 10.2. The molecule has 33 heavy (non-hydrogen) atoms. The standard InChI is InChI=1S/C23H22FN7O2/c1-23(2,3)31-12-18(17-11-28-22(25)30-21(17)31)20(33)13-6-16(10-26-8-13)29-19(32)7-15-5-4-14(24)9-27-15/h4-6,8-12H,7H2,1-3H3,(H,29,32)(H2,25,28,30). The average molecular weight is 447 g/mol. The van der Waals surface area contributed by atoms with Gasteiger partial charge in [-0.25, -0.2) is 9.37 Å². The van der Waals surface area contributed by atoms with Crippen molar-refractivity contribution in [2.45, 2.75) is 32.7 Å². The van der Waals surface area contributed by atoms with Crippen molar-refractivity contribution in [2.75, 3.05) is 11.1 Å². The van der Waals surface area contributed by atoms with Gasteiger partial charge in [-0.05, 0) is 39.0 Å². The Morgan fingerprint density at radius 2 is 1.91 bits per heavy atom. The number of rotatable bonds is 5. The van der Waals surface area contributed by atoms with E-state index in [-0.39, 0.29) is 35.2 Å². The van der Waals surface area contributed by atoms with Crippen LogP contribution in [-0.4, -0.2) is 36.2 Å². The van der Waals surface area contributed by atoms with E-state index in [4.69, 9.17) is 5.73 Å². The molecule has 0 spiro atoms. The third kappa shape index (κ3) is 4.69. The summed E-state index contributed by atoms with van der Waals surface area (Å²) in [5, 5.41) is 3.26. The Labute approximate surface area is 188 Å². The molecule has 1 amide bonds. The number of amides is 1. The zero-order chi connectivity index (χ0) is 23.8. The second-order valence-electron chi connectivity index (χ2n) is 8.53. The van der Waals surface area contributed by atoms with Crippen LogP contribution in [0.25, 0.3) is 11.0 Å². The molecule has 0 fully saturated rings. The first-order chi connectivity index (χ1) is 15.6. The molecule has 4 heterocycles. The molecule has 3 N–H and O–H groups in total. The lowest BCUT2D eigenvalue weighted by Crippen LogP contribution is -2.21. The molecule has 4 aromatic rings. The predicted octanol–water partition coefficient (Wildman–Crippen LogP) is 3.11. The van der Waals surface area contributed by atoms with Crippen LogP contribution in [0.2, 0.25) is 0 Å². The molecule has 0 aliphatic heterocycles. The Bertz CT molecular complexity index is 1360. The summed E-state index contributed by atoms with van der Waals surface area (Å²) in [6.07, 6.45) is 7.13. The molecular weight excluding hydrogens is 425 g/mol. The van der Waals surface area contributed by atoms with Gasteiger partial charge in [-0.2, -0.15) is 4.98 Å². The van der Waals surface area contributed by atoms with Crippen molar-refractivity contribution in [1.82, 2.24) is 24.5 Å². The van der Waals surface area contributed by atoms with Gasteiger partial charge in [0, 0.05) is 40.8 Å². The third-order valence-corrected chi connectivity index (χ3v) is 4.95. The van der Waals surface area contributed by atoms with E-state index in [2.05, 4.69) is 25.3 Å². The number of nitrogens with two attached hydrogens (primary N) is 1. The maximum atomic E-state index is 13.3. The van der Waals surface area contributed by atoms with E-state index in [0.29, 0.717) is 28.0 Å². The minimum atomic E-state index is -0.476. The van der Waals surface area contributed by atoms with Gasteiger partial charge in [-0.15, -0.1) is 0 Å². The highest BCUT2D eigenvalue weighted by Crippen LogP contribution is 2.28. The van der Waals surface area contributed by atoms with Crippen LogP contribution in [0.5, 0.6) is 0 Å². The van der Waals surface area contributed by atoms with Gasteiger partial charge < -0.3 is 15.6 Å². The highest BCUT2D eigenvalue weighted by molar-refractivity contribution is 6.16. The lowest BCUT2D eigenvalue weighted by Gasteiger charge is -2.21. The van der Waals surface area contributed by atoms with Crippen LogP contribution in [0.4, 0.5) is 16.0 Å². The van der Waals surface area contributed by atoms with Crippen molar-refractivity contribution in [3.05, 3.63) is 71.8 Å². The van der Waals surface area contributed by atoms with Gasteiger partial charge in [0.2, 0.25) is 11.9 Å². The predicted molar refractivity (Wildman–Crippen MR) is 121 cm³/mol. The van der Waals surface area contributed by atoms with Gasteiger partial charge in [-0.3, -0.25) is 19.6 Å². The zero-order valence-corrected chi connectivity index (χ0v) is 18.3. The van der Waals surface area contributed by atoms with Crippen molar-refractivity contribution in [1.29, 1.82) is 0 Å². The van der Waals surface area contributed by atoms with Crippen LogP contribution in [0, 0.1) is 5.82 Å². The second kappa shape index (κ2) is 8.38. The van der Waals surface area contributed by atoms with Crippen LogP contribution in [0.1, 0.15) is 42.4 Å². The van der Waals surface area contributed by atoms with E-state index in [0.717, 1.165) is 6.20 Å². The van der Waals surface area contributed by atoms with E-state index < -0.39 is 5.82 Å². The zero-order valence-electron chi connectivity index (χ0n) is 18.3. The quantitative estimate of drug-likeness (QED) is 0.450. The van der Waals surface area contributed by atoms with E-state index in [1.165, 1.54) is 30.7 Å². The number of pyridine rings is 2. The molecule has 0 aromatic carbocycles. The van der Waals surface area contributed by atoms with Gasteiger partial charge in [0.05, 0.1) is 30.1 Å². The fraction of sp³-hybridized carbons (Fsp3) is 0.217. The number of fused-ring (bicyclic) bond motifs is 1.